The third-order valence-corrected chi connectivity index (χ3v) is 3.13. The first-order valence-electron chi connectivity index (χ1n) is 6.23. The third-order valence-electron chi connectivity index (χ3n) is 2.73. The average Bonchev–Trinajstić information content (AvgIpc) is 2.28. The summed E-state index contributed by atoms with van der Waals surface area (Å²) >= 11 is 5.80. The van der Waals surface area contributed by atoms with E-state index in [0.29, 0.717) is 0 Å². The number of rotatable bonds is 3. The smallest absolute Gasteiger partial charge is 0.330 e. The Kier molecular flexibility index (Phi) is 4.92. The molecule has 0 spiro atoms. The molecule has 0 aromatic carbocycles. The minimum absolute atomic E-state index is 0.189. The fourth-order valence-electron chi connectivity index (χ4n) is 1.79. The van der Waals surface area contributed by atoms with Crippen molar-refractivity contribution in [3.8, 4) is 0 Å². The summed E-state index contributed by atoms with van der Waals surface area (Å²) in [5, 5.41) is -0.189. The molecule has 0 saturated carbocycles. The SMILES string of the molecule is CC(=O)C1(F)C(Cl)=CC=CC1C=CC(=O)OC(C)(C)C. The Labute approximate surface area is 123 Å². The summed E-state index contributed by atoms with van der Waals surface area (Å²) in [4.78, 5) is 23.1. The van der Waals surface area contributed by atoms with Crippen molar-refractivity contribution in [3.05, 3.63) is 35.4 Å². The Balaban J connectivity index is 2.91. The summed E-state index contributed by atoms with van der Waals surface area (Å²) in [5.74, 6) is -2.23. The van der Waals surface area contributed by atoms with Gasteiger partial charge in [-0.15, -0.1) is 0 Å². The summed E-state index contributed by atoms with van der Waals surface area (Å²) < 4.78 is 19.8. The molecule has 0 aromatic rings. The van der Waals surface area contributed by atoms with Crippen LogP contribution in [-0.2, 0) is 14.3 Å². The number of halogens is 2. The van der Waals surface area contributed by atoms with E-state index in [1.807, 2.05) is 0 Å². The molecule has 2 atom stereocenters. The Morgan fingerprint density at radius 1 is 1.45 bits per heavy atom. The second kappa shape index (κ2) is 5.92. The van der Waals surface area contributed by atoms with E-state index in [1.165, 1.54) is 18.2 Å². The molecule has 0 N–H and O–H groups in total. The molecule has 0 saturated heterocycles. The predicted molar refractivity (Wildman–Crippen MR) is 76.1 cm³/mol. The third kappa shape index (κ3) is 3.79. The highest BCUT2D eigenvalue weighted by Gasteiger charge is 2.45. The average molecular weight is 301 g/mol. The van der Waals surface area contributed by atoms with E-state index in [-0.39, 0.29) is 5.03 Å². The van der Waals surface area contributed by atoms with Gasteiger partial charge < -0.3 is 4.74 Å². The predicted octanol–water partition coefficient (Wildman–Crippen LogP) is 3.49. The zero-order chi connectivity index (χ0) is 15.6. The molecule has 1 aliphatic carbocycles. The molecule has 110 valence electrons. The van der Waals surface area contributed by atoms with Crippen LogP contribution < -0.4 is 0 Å². The maximum atomic E-state index is 14.7. The van der Waals surface area contributed by atoms with Crippen molar-refractivity contribution in [2.24, 2.45) is 5.92 Å². The number of esters is 1. The van der Waals surface area contributed by atoms with Gasteiger partial charge in [-0.3, -0.25) is 4.79 Å². The maximum Gasteiger partial charge on any atom is 0.330 e. The first-order chi connectivity index (χ1) is 9.07. The molecule has 2 unspecified atom stereocenters. The lowest BCUT2D eigenvalue weighted by Crippen LogP contribution is -2.40. The van der Waals surface area contributed by atoms with E-state index < -0.39 is 28.9 Å². The Morgan fingerprint density at radius 3 is 2.55 bits per heavy atom. The highest BCUT2D eigenvalue weighted by atomic mass is 35.5. The summed E-state index contributed by atoms with van der Waals surface area (Å²) in [7, 11) is 0. The van der Waals surface area contributed by atoms with Gasteiger partial charge in [-0.2, -0.15) is 0 Å². The zero-order valence-corrected chi connectivity index (χ0v) is 12.7. The lowest BCUT2D eigenvalue weighted by atomic mass is 9.82. The summed E-state index contributed by atoms with van der Waals surface area (Å²) in [6.07, 6.45) is 6.77. The first-order valence-corrected chi connectivity index (χ1v) is 6.61. The molecule has 0 aliphatic heterocycles. The van der Waals surface area contributed by atoms with E-state index in [1.54, 1.807) is 26.8 Å². The summed E-state index contributed by atoms with van der Waals surface area (Å²) in [5.41, 5.74) is -2.95. The molecular weight excluding hydrogens is 283 g/mol. The highest BCUT2D eigenvalue weighted by Crippen LogP contribution is 2.38. The van der Waals surface area contributed by atoms with Crippen LogP contribution >= 0.6 is 11.6 Å². The van der Waals surface area contributed by atoms with Crippen LogP contribution in [0.15, 0.2) is 35.4 Å². The van der Waals surface area contributed by atoms with Crippen molar-refractivity contribution < 1.29 is 18.7 Å². The van der Waals surface area contributed by atoms with Crippen molar-refractivity contribution in [2.45, 2.75) is 39.0 Å². The van der Waals surface area contributed by atoms with Crippen molar-refractivity contribution >= 4 is 23.4 Å². The molecule has 3 nitrogen and oxygen atoms in total. The van der Waals surface area contributed by atoms with E-state index in [0.717, 1.165) is 13.0 Å². The van der Waals surface area contributed by atoms with Gasteiger partial charge in [0.05, 0.1) is 5.03 Å². The van der Waals surface area contributed by atoms with Crippen LogP contribution in [0.25, 0.3) is 0 Å². The molecule has 0 amide bonds. The lowest BCUT2D eigenvalue weighted by molar-refractivity contribution is -0.148. The van der Waals surface area contributed by atoms with Crippen LogP contribution in [0, 0.1) is 5.92 Å². The Morgan fingerprint density at radius 2 is 2.05 bits per heavy atom. The number of alkyl halides is 1. The number of carbonyl (C=O) groups excluding carboxylic acids is 2. The van der Waals surface area contributed by atoms with Gasteiger partial charge in [-0.05, 0) is 33.8 Å². The molecule has 0 aromatic heterocycles. The minimum Gasteiger partial charge on any atom is -0.457 e. The standard InChI is InChI=1S/C15H18ClFO3/c1-10(18)15(17)11(6-5-7-12(15)16)8-9-13(19)20-14(2,3)4/h5-9,11H,1-4H3. The van der Waals surface area contributed by atoms with E-state index in [4.69, 9.17) is 16.3 Å². The summed E-state index contributed by atoms with van der Waals surface area (Å²) in [6, 6.07) is 0. The fourth-order valence-corrected chi connectivity index (χ4v) is 2.12. The van der Waals surface area contributed by atoms with E-state index in [2.05, 4.69) is 0 Å². The first kappa shape index (κ1) is 16.6. The molecule has 0 fully saturated rings. The van der Waals surface area contributed by atoms with Gasteiger partial charge in [-0.25, -0.2) is 9.18 Å². The Bertz CT molecular complexity index is 500. The molecular formula is C15H18ClFO3. The van der Waals surface area contributed by atoms with Crippen LogP contribution in [0.3, 0.4) is 0 Å². The van der Waals surface area contributed by atoms with Gasteiger partial charge in [0.2, 0.25) is 5.67 Å². The molecule has 20 heavy (non-hydrogen) atoms. The van der Waals surface area contributed by atoms with Crippen LogP contribution in [0.2, 0.25) is 0 Å². The van der Waals surface area contributed by atoms with Crippen LogP contribution in [0.5, 0.6) is 0 Å². The van der Waals surface area contributed by atoms with Crippen molar-refractivity contribution in [1.82, 2.24) is 0 Å². The van der Waals surface area contributed by atoms with Crippen LogP contribution in [0.4, 0.5) is 4.39 Å². The second-order valence-corrected chi connectivity index (χ2v) is 5.99. The monoisotopic (exact) mass is 300 g/mol. The molecule has 5 heteroatoms. The minimum atomic E-state index is -2.32. The lowest BCUT2D eigenvalue weighted by Gasteiger charge is -2.29. The molecule has 1 aliphatic rings. The van der Waals surface area contributed by atoms with Crippen molar-refractivity contribution in [1.29, 1.82) is 0 Å². The number of Topliss-reactive ketones (excluding diaryl/α,β-unsaturated/α-hetero) is 1. The van der Waals surface area contributed by atoms with E-state index in [9.17, 15) is 14.0 Å². The molecule has 0 heterocycles. The van der Waals surface area contributed by atoms with Gasteiger partial charge in [0.1, 0.15) is 5.60 Å². The van der Waals surface area contributed by atoms with Crippen LogP contribution in [-0.4, -0.2) is 23.0 Å². The van der Waals surface area contributed by atoms with Crippen molar-refractivity contribution in [2.75, 3.05) is 0 Å². The Hall–Kier alpha value is -1.42. The number of ether oxygens (including phenoxy) is 1. The second-order valence-electron chi connectivity index (χ2n) is 5.59. The molecule has 1 rings (SSSR count). The number of hydrogen-bond donors (Lipinski definition) is 0. The van der Waals surface area contributed by atoms with Gasteiger partial charge in [0.15, 0.2) is 5.78 Å². The highest BCUT2D eigenvalue weighted by molar-refractivity contribution is 6.33. The van der Waals surface area contributed by atoms with Gasteiger partial charge >= 0.3 is 5.97 Å². The number of allylic oxidation sites excluding steroid dienone is 5. The quantitative estimate of drug-likeness (QED) is 0.592. The van der Waals surface area contributed by atoms with Gasteiger partial charge in [0.25, 0.3) is 0 Å². The topological polar surface area (TPSA) is 43.4 Å². The largest absolute Gasteiger partial charge is 0.457 e. The molecule has 0 radical (unpaired) electrons. The normalized spacial score (nSPS) is 26.5. The fraction of sp³-hybridized carbons (Fsp3) is 0.467. The van der Waals surface area contributed by atoms with Crippen LogP contribution in [0.1, 0.15) is 27.7 Å². The zero-order valence-electron chi connectivity index (χ0n) is 11.9. The number of carbonyl (C=O) groups is 2. The molecule has 0 bridgehead atoms. The number of ketones is 1. The van der Waals surface area contributed by atoms with Gasteiger partial charge in [0, 0.05) is 12.0 Å². The number of hydrogen-bond acceptors (Lipinski definition) is 3. The van der Waals surface area contributed by atoms with Gasteiger partial charge in [-0.1, -0.05) is 29.8 Å². The van der Waals surface area contributed by atoms with Crippen molar-refractivity contribution in [3.63, 3.8) is 0 Å². The summed E-state index contributed by atoms with van der Waals surface area (Å²) in [6.45, 7) is 6.32. The maximum absolute atomic E-state index is 14.7. The van der Waals surface area contributed by atoms with E-state index >= 15 is 0 Å².